The highest BCUT2D eigenvalue weighted by atomic mass is 32.2. The van der Waals surface area contributed by atoms with Crippen molar-refractivity contribution in [2.45, 2.75) is 48.9 Å². The summed E-state index contributed by atoms with van der Waals surface area (Å²) in [6.07, 6.45) is -1.35. The van der Waals surface area contributed by atoms with Crippen LogP contribution in [0.1, 0.15) is 37.3 Å². The zero-order chi connectivity index (χ0) is 21.0. The number of nitrogens with one attached hydrogen (secondary N) is 2. The van der Waals surface area contributed by atoms with Gasteiger partial charge in [-0.05, 0) is 48.7 Å². The number of carbonyl (C=O) groups is 2. The molecule has 3 rings (SSSR count). The van der Waals surface area contributed by atoms with E-state index in [-0.39, 0.29) is 18.0 Å². The third kappa shape index (κ3) is 5.53. The second kappa shape index (κ2) is 8.90. The molecule has 1 atom stereocenters. The molecule has 8 heteroatoms. The highest BCUT2D eigenvalue weighted by Gasteiger charge is 2.34. The van der Waals surface area contributed by atoms with Crippen molar-refractivity contribution in [2.24, 2.45) is 0 Å². The number of hydrogen-bond donors (Lipinski definition) is 2. The number of halogens is 3. The molecule has 0 unspecified atom stereocenters. The van der Waals surface area contributed by atoms with Gasteiger partial charge in [-0.1, -0.05) is 25.5 Å². The van der Waals surface area contributed by atoms with Crippen LogP contribution in [0.5, 0.6) is 0 Å². The molecule has 2 N–H and O–H groups in total. The summed E-state index contributed by atoms with van der Waals surface area (Å²) in [4.78, 5) is 25.1. The molecule has 2 aromatic carbocycles. The molecule has 0 saturated carbocycles. The van der Waals surface area contributed by atoms with E-state index in [9.17, 15) is 22.8 Å². The lowest BCUT2D eigenvalue weighted by atomic mass is 10.1. The number of carbonyl (C=O) groups excluding carboxylic acids is 2. The van der Waals surface area contributed by atoms with E-state index in [0.717, 1.165) is 43.2 Å². The molecule has 0 radical (unpaired) electrons. The summed E-state index contributed by atoms with van der Waals surface area (Å²) in [5.41, 5.74) is 1.14. The second-order valence-electron chi connectivity index (χ2n) is 6.86. The fourth-order valence-electron chi connectivity index (χ4n) is 2.98. The molecule has 0 fully saturated rings. The van der Waals surface area contributed by atoms with Crippen molar-refractivity contribution in [1.82, 2.24) is 0 Å². The summed E-state index contributed by atoms with van der Waals surface area (Å²) in [6, 6.07) is 10.8. The fraction of sp³-hybridized carbons (Fsp3) is 0.333. The third-order valence-electron chi connectivity index (χ3n) is 4.55. The average molecular weight is 422 g/mol. The Morgan fingerprint density at radius 3 is 2.55 bits per heavy atom. The van der Waals surface area contributed by atoms with Crippen molar-refractivity contribution >= 4 is 35.0 Å². The van der Waals surface area contributed by atoms with Crippen LogP contribution in [0, 0.1) is 0 Å². The number of alkyl halides is 3. The number of anilines is 2. The summed E-state index contributed by atoms with van der Waals surface area (Å²) >= 11 is 1.09. The van der Waals surface area contributed by atoms with E-state index in [1.54, 1.807) is 0 Å². The topological polar surface area (TPSA) is 58.2 Å². The standard InChI is InChI=1S/C21H21F3N2O2S/c1-2-3-4-13-5-8-15(9-6-13)25-19(27)12-18-20(28)26-16-11-14(21(22,23)24)7-10-17(16)29-18/h5-11,18H,2-4,12H2,1H3,(H,25,27)(H,26,28)/t18-/m1/s1. The number of rotatable bonds is 6. The van der Waals surface area contributed by atoms with Gasteiger partial charge in [-0.15, -0.1) is 11.8 Å². The number of hydrogen-bond acceptors (Lipinski definition) is 3. The van der Waals surface area contributed by atoms with Crippen LogP contribution in [-0.4, -0.2) is 17.1 Å². The van der Waals surface area contributed by atoms with Crippen molar-refractivity contribution in [3.63, 3.8) is 0 Å². The van der Waals surface area contributed by atoms with Gasteiger partial charge in [0.2, 0.25) is 11.8 Å². The van der Waals surface area contributed by atoms with Crippen LogP contribution in [-0.2, 0) is 22.2 Å². The number of fused-ring (bicyclic) bond motifs is 1. The Hall–Kier alpha value is -2.48. The molecule has 4 nitrogen and oxygen atoms in total. The minimum atomic E-state index is -4.48. The predicted octanol–water partition coefficient (Wildman–Crippen LogP) is 5.49. The minimum Gasteiger partial charge on any atom is -0.326 e. The van der Waals surface area contributed by atoms with E-state index < -0.39 is 22.9 Å². The maximum atomic E-state index is 12.8. The van der Waals surface area contributed by atoms with Gasteiger partial charge in [0.25, 0.3) is 0 Å². The molecule has 29 heavy (non-hydrogen) atoms. The first-order valence-electron chi connectivity index (χ1n) is 9.34. The lowest BCUT2D eigenvalue weighted by molar-refractivity contribution is -0.137. The van der Waals surface area contributed by atoms with Crippen LogP contribution in [0.2, 0.25) is 0 Å². The monoisotopic (exact) mass is 422 g/mol. The highest BCUT2D eigenvalue weighted by Crippen LogP contribution is 2.40. The van der Waals surface area contributed by atoms with Crippen LogP contribution in [0.3, 0.4) is 0 Å². The van der Waals surface area contributed by atoms with E-state index in [1.165, 1.54) is 11.6 Å². The van der Waals surface area contributed by atoms with Gasteiger partial charge in [-0.25, -0.2) is 0 Å². The van der Waals surface area contributed by atoms with Gasteiger partial charge in [0, 0.05) is 17.0 Å². The molecule has 0 aromatic heterocycles. The first kappa shape index (κ1) is 21.2. The number of benzene rings is 2. The Morgan fingerprint density at radius 2 is 1.90 bits per heavy atom. The van der Waals surface area contributed by atoms with Gasteiger partial charge in [-0.2, -0.15) is 13.2 Å². The highest BCUT2D eigenvalue weighted by molar-refractivity contribution is 8.01. The van der Waals surface area contributed by atoms with Crippen LogP contribution >= 0.6 is 11.8 Å². The Labute approximate surface area is 171 Å². The van der Waals surface area contributed by atoms with Crippen LogP contribution < -0.4 is 10.6 Å². The summed E-state index contributed by atoms with van der Waals surface area (Å²) in [5.74, 6) is -0.804. The van der Waals surface area contributed by atoms with Gasteiger partial charge in [0.1, 0.15) is 0 Å². The predicted molar refractivity (Wildman–Crippen MR) is 108 cm³/mol. The summed E-state index contributed by atoms with van der Waals surface area (Å²) in [7, 11) is 0. The first-order chi connectivity index (χ1) is 13.8. The molecular formula is C21H21F3N2O2S. The van der Waals surface area contributed by atoms with E-state index in [0.29, 0.717) is 10.6 Å². The molecular weight excluding hydrogens is 401 g/mol. The van der Waals surface area contributed by atoms with Gasteiger partial charge in [-0.3, -0.25) is 9.59 Å². The number of amides is 2. The molecule has 1 aliphatic heterocycles. The second-order valence-corrected chi connectivity index (χ2v) is 8.10. The minimum absolute atomic E-state index is 0.0749. The molecule has 2 amide bonds. The van der Waals surface area contributed by atoms with Crippen LogP contribution in [0.15, 0.2) is 47.4 Å². The number of thioether (sulfide) groups is 1. The Bertz CT molecular complexity index is 898. The summed E-state index contributed by atoms with van der Waals surface area (Å²) in [6.45, 7) is 2.13. The lowest BCUT2D eigenvalue weighted by Gasteiger charge is -2.24. The van der Waals surface area contributed by atoms with Crippen molar-refractivity contribution in [2.75, 3.05) is 10.6 Å². The smallest absolute Gasteiger partial charge is 0.326 e. The maximum Gasteiger partial charge on any atom is 0.416 e. The Balaban J connectivity index is 1.60. The van der Waals surface area contributed by atoms with Gasteiger partial charge < -0.3 is 10.6 Å². The van der Waals surface area contributed by atoms with Crippen LogP contribution in [0.4, 0.5) is 24.5 Å². The van der Waals surface area contributed by atoms with Crippen molar-refractivity contribution in [1.29, 1.82) is 0 Å². The van der Waals surface area contributed by atoms with Crippen LogP contribution in [0.25, 0.3) is 0 Å². The fourth-order valence-corrected chi connectivity index (χ4v) is 4.07. The zero-order valence-corrected chi connectivity index (χ0v) is 16.6. The van der Waals surface area contributed by atoms with Crippen molar-refractivity contribution in [3.8, 4) is 0 Å². The maximum absolute atomic E-state index is 12.8. The van der Waals surface area contributed by atoms with E-state index in [1.807, 2.05) is 24.3 Å². The lowest BCUT2D eigenvalue weighted by Crippen LogP contribution is -2.32. The quantitative estimate of drug-likeness (QED) is 0.647. The molecule has 154 valence electrons. The van der Waals surface area contributed by atoms with Crippen molar-refractivity contribution in [3.05, 3.63) is 53.6 Å². The van der Waals surface area contributed by atoms with Gasteiger partial charge >= 0.3 is 6.18 Å². The molecule has 1 heterocycles. The number of unbranched alkanes of at least 4 members (excludes halogenated alkanes) is 1. The van der Waals surface area contributed by atoms with E-state index >= 15 is 0 Å². The SMILES string of the molecule is CCCCc1ccc(NC(=O)C[C@H]2Sc3ccc(C(F)(F)F)cc3NC2=O)cc1. The van der Waals surface area contributed by atoms with E-state index in [4.69, 9.17) is 0 Å². The largest absolute Gasteiger partial charge is 0.416 e. The van der Waals surface area contributed by atoms with Gasteiger partial charge in [0.05, 0.1) is 16.5 Å². The Morgan fingerprint density at radius 1 is 1.17 bits per heavy atom. The molecule has 2 aromatic rings. The van der Waals surface area contributed by atoms with E-state index in [2.05, 4.69) is 17.6 Å². The average Bonchev–Trinajstić information content (AvgIpc) is 2.67. The number of aryl methyl sites for hydroxylation is 1. The summed E-state index contributed by atoms with van der Waals surface area (Å²) in [5, 5.41) is 4.54. The zero-order valence-electron chi connectivity index (χ0n) is 15.8. The molecule has 0 saturated heterocycles. The molecule has 1 aliphatic rings. The molecule has 0 bridgehead atoms. The van der Waals surface area contributed by atoms with Crippen molar-refractivity contribution < 1.29 is 22.8 Å². The third-order valence-corrected chi connectivity index (χ3v) is 5.83. The molecule has 0 spiro atoms. The van der Waals surface area contributed by atoms with Gasteiger partial charge in [0.15, 0.2) is 0 Å². The first-order valence-corrected chi connectivity index (χ1v) is 10.2. The molecule has 0 aliphatic carbocycles. The Kier molecular flexibility index (Phi) is 6.52. The summed E-state index contributed by atoms with van der Waals surface area (Å²) < 4.78 is 38.5. The normalized spacial score (nSPS) is 16.1.